The molecule has 7 heteroatoms. The molecule has 0 atom stereocenters. The van der Waals surface area contributed by atoms with Gasteiger partial charge in [-0.25, -0.2) is 9.97 Å². The summed E-state index contributed by atoms with van der Waals surface area (Å²) in [7, 11) is 0. The Morgan fingerprint density at radius 1 is 0.368 bits per heavy atom. The normalized spacial score (nSPS) is 11.9. The topological polar surface area (TPSA) is 54.0 Å². The molecule has 0 saturated heterocycles. The average Bonchev–Trinajstić information content (AvgIpc) is 3.99. The van der Waals surface area contributed by atoms with Crippen LogP contribution < -0.4 is 9.97 Å². The summed E-state index contributed by atoms with van der Waals surface area (Å²) in [6, 6.07) is 34.9. The monoisotopic (exact) mass is 1010 g/mol. The van der Waals surface area contributed by atoms with Gasteiger partial charge in [-0.15, -0.1) is 22.1 Å². The predicted octanol–water partition coefficient (Wildman–Crippen LogP) is 13.6. The van der Waals surface area contributed by atoms with E-state index in [4.69, 9.17) is 19.9 Å². The minimum absolute atomic E-state index is 0. The van der Waals surface area contributed by atoms with Crippen molar-refractivity contribution < 1.29 is 16.5 Å². The number of fused-ring (bicyclic) bond motifs is 8. The van der Waals surface area contributed by atoms with E-state index in [0.29, 0.717) is 0 Å². The maximum absolute atomic E-state index is 5.48. The van der Waals surface area contributed by atoms with Gasteiger partial charge in [-0.05, 0) is 202 Å². The molecule has 4 aromatic carbocycles. The van der Waals surface area contributed by atoms with Crippen molar-refractivity contribution in [3.8, 4) is 44.5 Å². The summed E-state index contributed by atoms with van der Waals surface area (Å²) >= 11 is 4.73. The minimum Gasteiger partial charge on any atom is -0.657 e. The number of nitrogens with zero attached hydrogens (tertiary/aromatic N) is 4. The zero-order valence-electron chi connectivity index (χ0n) is 32.4. The maximum Gasteiger partial charge on any atom is 2.00 e. The molecule has 0 spiro atoms. The number of hydrogen-bond acceptors (Lipinski definition) is 2. The number of halogens is 2. The van der Waals surface area contributed by atoms with Gasteiger partial charge in [0.15, 0.2) is 0 Å². The molecule has 0 fully saturated rings. The Hall–Kier alpha value is -4.57. The fraction of sp³-hybridized carbons (Fsp3) is 0.120. The van der Waals surface area contributed by atoms with E-state index >= 15 is 0 Å². The molecule has 4 nitrogen and oxygen atoms in total. The van der Waals surface area contributed by atoms with Gasteiger partial charge in [-0.3, -0.25) is 0 Å². The molecule has 0 N–H and O–H groups in total. The molecule has 9 rings (SSSR count). The molecule has 7 aromatic rings. The second-order valence-corrected chi connectivity index (χ2v) is 17.4. The molecule has 0 radical (unpaired) electrons. The van der Waals surface area contributed by atoms with Gasteiger partial charge < -0.3 is 9.97 Å². The van der Waals surface area contributed by atoms with Crippen molar-refractivity contribution in [3.63, 3.8) is 0 Å². The van der Waals surface area contributed by atoms with E-state index in [2.05, 4.69) is 208 Å². The van der Waals surface area contributed by atoms with Crippen LogP contribution in [0.3, 0.4) is 0 Å². The standard InChI is InChI=1S/C50H38I2N4.Ni/c1-27-23-29(3)45(30(4)24-27)49-41-19-15-37(53-41)47(33-7-11-35(51)12-8-33)39-17-21-43(55-39)50(46-31(5)25-28(2)26-32(46)6)44-22-18-40(56-44)48(38-16-20-42(49)54-38)34-9-13-36(52)14-10-34;/h7-26H,1-6H3;/q-2;+2. The Morgan fingerprint density at radius 3 is 0.965 bits per heavy atom. The molecule has 282 valence electrons. The Kier molecular flexibility index (Phi) is 10.8. The van der Waals surface area contributed by atoms with Crippen molar-refractivity contribution >= 4 is 91.6 Å². The van der Waals surface area contributed by atoms with Crippen LogP contribution in [0, 0.1) is 48.7 Å². The Bertz CT molecular complexity index is 2730. The molecule has 0 unspecified atom stereocenters. The minimum atomic E-state index is 0. The molecule has 2 aliphatic rings. The van der Waals surface area contributed by atoms with Crippen LogP contribution in [-0.4, -0.2) is 9.97 Å². The Balaban J connectivity index is 0.00000455. The summed E-state index contributed by atoms with van der Waals surface area (Å²) in [6.07, 6.45) is 8.59. The largest absolute Gasteiger partial charge is 2.00 e. The van der Waals surface area contributed by atoms with Crippen LogP contribution in [0.4, 0.5) is 0 Å². The molecule has 0 saturated carbocycles. The van der Waals surface area contributed by atoms with E-state index in [1.807, 2.05) is 0 Å². The molecular weight excluding hydrogens is 969 g/mol. The van der Waals surface area contributed by atoms with E-state index in [1.165, 1.54) is 40.5 Å². The number of rotatable bonds is 4. The second kappa shape index (κ2) is 15.6. The van der Waals surface area contributed by atoms with Gasteiger partial charge in [-0.2, -0.15) is 0 Å². The van der Waals surface area contributed by atoms with Crippen LogP contribution in [0.5, 0.6) is 0 Å². The van der Waals surface area contributed by atoms with Gasteiger partial charge in [0.25, 0.3) is 0 Å². The molecule has 8 bridgehead atoms. The number of aryl methyl sites for hydroxylation is 6. The van der Waals surface area contributed by atoms with E-state index in [1.54, 1.807) is 0 Å². The zero-order chi connectivity index (χ0) is 38.8. The van der Waals surface area contributed by atoms with Crippen LogP contribution in [0.15, 0.2) is 97.1 Å². The first kappa shape index (κ1) is 39.3. The molecule has 2 aliphatic heterocycles. The fourth-order valence-electron chi connectivity index (χ4n) is 8.57. The number of aromatic nitrogens is 4. The van der Waals surface area contributed by atoms with Crippen molar-refractivity contribution in [1.82, 2.24) is 19.9 Å². The van der Waals surface area contributed by atoms with Gasteiger partial charge in [0, 0.05) is 7.14 Å². The summed E-state index contributed by atoms with van der Waals surface area (Å²) in [6.45, 7) is 13.1. The molecule has 0 amide bonds. The molecule has 5 heterocycles. The van der Waals surface area contributed by atoms with E-state index < -0.39 is 0 Å². The Labute approximate surface area is 371 Å². The third-order valence-electron chi connectivity index (χ3n) is 10.7. The average molecular weight is 1010 g/mol. The van der Waals surface area contributed by atoms with Crippen molar-refractivity contribution in [2.45, 2.75) is 41.5 Å². The van der Waals surface area contributed by atoms with Crippen LogP contribution in [-0.2, 0) is 16.5 Å². The van der Waals surface area contributed by atoms with Gasteiger partial charge >= 0.3 is 16.5 Å². The van der Waals surface area contributed by atoms with Crippen molar-refractivity contribution in [2.24, 2.45) is 0 Å². The third kappa shape index (κ3) is 7.28. The fourth-order valence-corrected chi connectivity index (χ4v) is 9.29. The first-order valence-electron chi connectivity index (χ1n) is 18.8. The SMILES string of the molecule is Cc1cc(C)c(-c2c3nc(c(-c4ccc(I)cc4)c4ccc([n-]4)c(-c4c(C)cc(C)cc4C)c4nc(c(-c5ccc(I)cc5)c5ccc2[n-]5)C=C4)C=C3)c(C)c1.[Ni+2]. The van der Waals surface area contributed by atoms with Crippen molar-refractivity contribution in [2.75, 3.05) is 0 Å². The number of hydrogen-bond donors (Lipinski definition) is 0. The van der Waals surface area contributed by atoms with E-state index in [-0.39, 0.29) is 16.5 Å². The first-order chi connectivity index (χ1) is 27.0. The van der Waals surface area contributed by atoms with Gasteiger partial charge in [0.1, 0.15) is 0 Å². The molecular formula is C50H38I2N4Ni. The summed E-state index contributed by atoms with van der Waals surface area (Å²) in [4.78, 5) is 21.9. The van der Waals surface area contributed by atoms with Crippen molar-refractivity contribution in [1.29, 1.82) is 0 Å². The third-order valence-corrected chi connectivity index (χ3v) is 12.2. The Morgan fingerprint density at radius 2 is 0.649 bits per heavy atom. The quantitative estimate of drug-likeness (QED) is 0.130. The van der Waals surface area contributed by atoms with Crippen LogP contribution in [0.2, 0.25) is 0 Å². The number of benzene rings is 4. The van der Waals surface area contributed by atoms with Gasteiger partial charge in [-0.1, -0.05) is 83.9 Å². The summed E-state index contributed by atoms with van der Waals surface area (Å²) in [5.41, 5.74) is 22.7. The summed E-state index contributed by atoms with van der Waals surface area (Å²) in [5, 5.41) is 0. The zero-order valence-corrected chi connectivity index (χ0v) is 37.7. The van der Waals surface area contributed by atoms with Crippen LogP contribution >= 0.6 is 45.2 Å². The second-order valence-electron chi connectivity index (χ2n) is 14.9. The van der Waals surface area contributed by atoms with Crippen LogP contribution in [0.1, 0.15) is 56.2 Å². The smallest absolute Gasteiger partial charge is 0.657 e. The van der Waals surface area contributed by atoms with Gasteiger partial charge in [0.05, 0.1) is 22.8 Å². The first-order valence-corrected chi connectivity index (χ1v) is 20.9. The molecule has 3 aromatic heterocycles. The maximum atomic E-state index is 5.48. The van der Waals surface area contributed by atoms with Crippen molar-refractivity contribution in [3.05, 3.63) is 160 Å². The predicted molar refractivity (Wildman–Crippen MR) is 252 cm³/mol. The summed E-state index contributed by atoms with van der Waals surface area (Å²) in [5.74, 6) is 0. The van der Waals surface area contributed by atoms with E-state index in [0.717, 1.165) is 89.4 Å². The van der Waals surface area contributed by atoms with E-state index in [9.17, 15) is 0 Å². The van der Waals surface area contributed by atoms with Gasteiger partial charge in [0.2, 0.25) is 0 Å². The molecule has 57 heavy (non-hydrogen) atoms. The van der Waals surface area contributed by atoms with Crippen LogP contribution in [0.25, 0.3) is 90.9 Å². The summed E-state index contributed by atoms with van der Waals surface area (Å²) < 4.78 is 2.35. The molecule has 0 aliphatic carbocycles.